The van der Waals surface area contributed by atoms with Crippen LogP contribution in [0, 0.1) is 6.92 Å². The maximum absolute atomic E-state index is 13.9. The predicted octanol–water partition coefficient (Wildman–Crippen LogP) is 6.16. The number of benzene rings is 2. The molecule has 0 amide bonds. The molecule has 0 unspecified atom stereocenters. The Bertz CT molecular complexity index is 2110. The molecule has 13 heteroatoms. The van der Waals surface area contributed by atoms with Gasteiger partial charge < -0.3 is 15.8 Å². The fraction of sp³-hybridized carbons (Fsp3) is 0.273. The number of nitrogens with two attached hydrogens (primary N) is 1. The molecule has 6 rings (SSSR count). The van der Waals surface area contributed by atoms with Crippen molar-refractivity contribution in [1.82, 2.24) is 19.1 Å². The lowest BCUT2D eigenvalue weighted by atomic mass is 9.96. The summed E-state index contributed by atoms with van der Waals surface area (Å²) in [7, 11) is 5.67. The third-order valence-corrected chi connectivity index (χ3v) is 8.55. The molecule has 0 saturated carbocycles. The topological polar surface area (TPSA) is 117 Å². The highest BCUT2D eigenvalue weighted by molar-refractivity contribution is 6.36. The van der Waals surface area contributed by atoms with Crippen LogP contribution >= 0.6 is 11.6 Å². The molecule has 3 aromatic heterocycles. The normalized spacial score (nSPS) is 12.5. The van der Waals surface area contributed by atoms with Crippen molar-refractivity contribution in [2.75, 3.05) is 19.5 Å². The second kappa shape index (κ2) is 12.6. The van der Waals surface area contributed by atoms with E-state index in [1.165, 1.54) is 26.7 Å². The van der Waals surface area contributed by atoms with Crippen LogP contribution in [0.5, 0.6) is 5.88 Å². The van der Waals surface area contributed by atoms with E-state index in [1.54, 1.807) is 26.2 Å². The Balaban J connectivity index is 0.00000204. The first-order valence-electron chi connectivity index (χ1n) is 14.4. The smallest absolute Gasteiger partial charge is 0.433 e. The van der Waals surface area contributed by atoms with Gasteiger partial charge in [0.2, 0.25) is 5.88 Å². The number of alkyl halides is 3. The van der Waals surface area contributed by atoms with Gasteiger partial charge in [-0.3, -0.25) is 13.9 Å². The number of nitrogens with one attached hydrogen (secondary N) is 1. The highest BCUT2D eigenvalue weighted by Crippen LogP contribution is 2.41. The van der Waals surface area contributed by atoms with E-state index in [9.17, 15) is 22.8 Å². The molecular formula is C33H32ClF3N6O3. The van der Waals surface area contributed by atoms with Crippen molar-refractivity contribution < 1.29 is 17.9 Å². The number of hydrogen-bond acceptors (Lipinski definition) is 7. The van der Waals surface area contributed by atoms with Crippen molar-refractivity contribution >= 4 is 34.0 Å². The van der Waals surface area contributed by atoms with Gasteiger partial charge >= 0.3 is 11.9 Å². The Morgan fingerprint density at radius 1 is 0.957 bits per heavy atom. The first kappa shape index (κ1) is 32.7. The second-order valence-corrected chi connectivity index (χ2v) is 11.1. The molecule has 46 heavy (non-hydrogen) atoms. The summed E-state index contributed by atoms with van der Waals surface area (Å²) in [4.78, 5) is 34.2. The van der Waals surface area contributed by atoms with Crippen LogP contribution in [0.25, 0.3) is 33.3 Å². The van der Waals surface area contributed by atoms with Crippen molar-refractivity contribution in [2.24, 2.45) is 19.8 Å². The number of anilines is 2. The molecule has 0 spiro atoms. The summed E-state index contributed by atoms with van der Waals surface area (Å²) >= 11 is 7.01. The summed E-state index contributed by atoms with van der Waals surface area (Å²) in [5.74, 6) is 0.267. The zero-order valence-corrected chi connectivity index (χ0v) is 26.6. The van der Waals surface area contributed by atoms with Gasteiger partial charge in [-0.25, -0.2) is 14.8 Å². The lowest BCUT2D eigenvalue weighted by Gasteiger charge is -2.18. The highest BCUT2D eigenvalue weighted by Gasteiger charge is 2.34. The first-order chi connectivity index (χ1) is 21.9. The fourth-order valence-corrected chi connectivity index (χ4v) is 6.13. The number of pyridine rings is 2. The lowest BCUT2D eigenvalue weighted by molar-refractivity contribution is -0.141. The van der Waals surface area contributed by atoms with Crippen molar-refractivity contribution in [3.8, 4) is 28.3 Å². The molecule has 0 bridgehead atoms. The highest BCUT2D eigenvalue weighted by atomic mass is 35.5. The van der Waals surface area contributed by atoms with Crippen LogP contribution in [0.15, 0.2) is 58.1 Å². The quantitative estimate of drug-likeness (QED) is 0.234. The molecule has 0 radical (unpaired) electrons. The van der Waals surface area contributed by atoms with Crippen LogP contribution in [0.1, 0.15) is 28.8 Å². The van der Waals surface area contributed by atoms with Gasteiger partial charge in [-0.15, -0.1) is 0 Å². The Kier molecular flexibility index (Phi) is 8.96. The number of nitrogens with zero attached hydrogens (tertiary/aromatic N) is 4. The van der Waals surface area contributed by atoms with E-state index < -0.39 is 23.1 Å². The van der Waals surface area contributed by atoms with Gasteiger partial charge in [-0.2, -0.15) is 13.2 Å². The number of hydrogen-bond donors (Lipinski definition) is 2. The summed E-state index contributed by atoms with van der Waals surface area (Å²) in [5, 5.41) is 3.25. The lowest BCUT2D eigenvalue weighted by Crippen LogP contribution is -2.37. The Labute approximate surface area is 267 Å². The number of fused-ring (bicyclic) bond motifs is 2. The Hall–Kier alpha value is -4.68. The standard InChI is InChI=1S/C32H27ClF3N5O3.CH5N/c1-16-18(20-11-6-12-21(27(20)33)23-14-17-8-5-10-19(17)29(38-23)44-4)9-7-13-22(16)37-28-26-24(15-25(39-28)32(34,35)36)40(2)31(43)41(3)30(26)42;1-2/h6-7,9,11-15H,5,8,10H2,1-4H3,(H,37,39);2H2,1H3. The molecule has 0 atom stereocenters. The average molecular weight is 653 g/mol. The van der Waals surface area contributed by atoms with Crippen molar-refractivity contribution in [2.45, 2.75) is 32.4 Å². The van der Waals surface area contributed by atoms with E-state index in [-0.39, 0.29) is 16.7 Å². The molecule has 0 saturated heterocycles. The molecule has 1 aliphatic rings. The second-order valence-electron chi connectivity index (χ2n) is 10.7. The van der Waals surface area contributed by atoms with E-state index in [2.05, 4.69) is 16.0 Å². The molecule has 0 fully saturated rings. The third kappa shape index (κ3) is 5.62. The molecule has 5 aromatic rings. The van der Waals surface area contributed by atoms with Crippen LogP contribution in [-0.4, -0.2) is 33.3 Å². The molecular weight excluding hydrogens is 621 g/mol. The number of ether oxygens (including phenoxy) is 1. The number of aryl methyl sites for hydroxylation is 2. The fourth-order valence-electron chi connectivity index (χ4n) is 5.81. The molecule has 3 N–H and O–H groups in total. The molecule has 3 heterocycles. The number of methoxy groups -OCH3 is 1. The zero-order valence-electron chi connectivity index (χ0n) is 25.8. The van der Waals surface area contributed by atoms with Gasteiger partial charge in [0.15, 0.2) is 0 Å². The first-order valence-corrected chi connectivity index (χ1v) is 14.8. The zero-order chi connectivity index (χ0) is 33.5. The van der Waals surface area contributed by atoms with E-state index in [1.807, 2.05) is 30.3 Å². The summed E-state index contributed by atoms with van der Waals surface area (Å²) < 4.78 is 49.0. The van der Waals surface area contributed by atoms with Crippen LogP contribution in [-0.2, 0) is 33.1 Å². The molecule has 1 aliphatic carbocycles. The Morgan fingerprint density at radius 2 is 1.63 bits per heavy atom. The monoisotopic (exact) mass is 652 g/mol. The average Bonchev–Trinajstić information content (AvgIpc) is 3.53. The van der Waals surface area contributed by atoms with Crippen LogP contribution in [0.2, 0.25) is 5.02 Å². The minimum atomic E-state index is -4.82. The maximum Gasteiger partial charge on any atom is 0.433 e. The summed E-state index contributed by atoms with van der Waals surface area (Å²) in [6, 6.07) is 13.6. The summed E-state index contributed by atoms with van der Waals surface area (Å²) in [6.07, 6.45) is -1.94. The van der Waals surface area contributed by atoms with Crippen molar-refractivity contribution in [3.63, 3.8) is 0 Å². The predicted molar refractivity (Wildman–Crippen MR) is 174 cm³/mol. The SMILES string of the molecule is CN.COc1nc(-c2cccc(-c3cccc(Nc4nc(C(F)(F)F)cc5c4c(=O)n(C)c(=O)n5C)c3C)c2Cl)cc2c1CCC2. The van der Waals surface area contributed by atoms with Gasteiger partial charge in [0.25, 0.3) is 5.56 Å². The van der Waals surface area contributed by atoms with E-state index in [4.69, 9.17) is 21.3 Å². The molecule has 2 aromatic carbocycles. The van der Waals surface area contributed by atoms with Crippen molar-refractivity contribution in [3.05, 3.63) is 96.8 Å². The van der Waals surface area contributed by atoms with Gasteiger partial charge in [-0.05, 0) is 68.1 Å². The summed E-state index contributed by atoms with van der Waals surface area (Å²) in [6.45, 7) is 1.79. The number of aromatic nitrogens is 4. The molecule has 9 nitrogen and oxygen atoms in total. The molecule has 240 valence electrons. The maximum atomic E-state index is 13.9. The number of halogens is 4. The van der Waals surface area contributed by atoms with Crippen LogP contribution in [0.3, 0.4) is 0 Å². The van der Waals surface area contributed by atoms with E-state index in [0.717, 1.165) is 34.0 Å². The van der Waals surface area contributed by atoms with Gasteiger partial charge in [0.1, 0.15) is 16.9 Å². The third-order valence-electron chi connectivity index (χ3n) is 8.14. The van der Waals surface area contributed by atoms with Gasteiger partial charge in [0.05, 0.1) is 23.3 Å². The number of rotatable bonds is 5. The van der Waals surface area contributed by atoms with Crippen molar-refractivity contribution in [1.29, 1.82) is 0 Å². The van der Waals surface area contributed by atoms with Gasteiger partial charge in [-0.1, -0.05) is 41.9 Å². The van der Waals surface area contributed by atoms with E-state index >= 15 is 0 Å². The van der Waals surface area contributed by atoms with Crippen LogP contribution in [0.4, 0.5) is 24.7 Å². The molecule has 0 aliphatic heterocycles. The van der Waals surface area contributed by atoms with E-state index in [0.29, 0.717) is 50.6 Å². The minimum absolute atomic E-state index is 0.149. The summed E-state index contributed by atoms with van der Waals surface area (Å²) in [5.41, 5.74) is 7.70. The minimum Gasteiger partial charge on any atom is -0.481 e. The Morgan fingerprint density at radius 3 is 2.33 bits per heavy atom. The van der Waals surface area contributed by atoms with Gasteiger partial charge in [0, 0.05) is 36.5 Å². The largest absolute Gasteiger partial charge is 0.481 e. The van der Waals surface area contributed by atoms with Crippen LogP contribution < -0.4 is 27.0 Å².